The van der Waals surface area contributed by atoms with Crippen molar-refractivity contribution in [3.05, 3.63) is 32.7 Å². The SMILES string of the molecule is CC1=C2N(C)C(=O)CC[C@]2(C)[C@@H]2CC[C@]3(C)C(C(=O)Nc4c(Cl)cnc(Cl)c4Cl)CC[C@H]3[C@@H]2C1. The van der Waals surface area contributed by atoms with E-state index in [1.165, 1.54) is 17.5 Å². The molecule has 2 saturated carbocycles. The summed E-state index contributed by atoms with van der Waals surface area (Å²) < 4.78 is 0. The van der Waals surface area contributed by atoms with E-state index in [1.54, 1.807) is 0 Å². The van der Waals surface area contributed by atoms with Gasteiger partial charge in [-0.25, -0.2) is 4.98 Å². The summed E-state index contributed by atoms with van der Waals surface area (Å²) in [5.74, 6) is 1.65. The van der Waals surface area contributed by atoms with Crippen LogP contribution in [0.25, 0.3) is 0 Å². The molecule has 0 bridgehead atoms. The van der Waals surface area contributed by atoms with Crippen LogP contribution >= 0.6 is 34.8 Å². The Balaban J connectivity index is 1.43. The highest BCUT2D eigenvalue weighted by Crippen LogP contribution is 2.67. The number of nitrogens with zero attached hydrogens (tertiary/aromatic N) is 2. The number of hydrogen-bond donors (Lipinski definition) is 1. The number of piperidine rings is 1. The Bertz CT molecular complexity index is 1110. The molecule has 1 aromatic heterocycles. The minimum absolute atomic E-state index is 0.0339. The zero-order chi connectivity index (χ0) is 24.6. The monoisotopic (exact) mass is 523 g/mol. The molecule has 184 valence electrons. The van der Waals surface area contributed by atoms with Gasteiger partial charge in [0.1, 0.15) is 10.2 Å². The summed E-state index contributed by atoms with van der Waals surface area (Å²) in [4.78, 5) is 31.9. The minimum Gasteiger partial charge on any atom is -0.323 e. The molecule has 3 aliphatic carbocycles. The lowest BCUT2D eigenvalue weighted by molar-refractivity contribution is -0.137. The molecule has 5 rings (SSSR count). The van der Waals surface area contributed by atoms with Crippen LogP contribution in [0.15, 0.2) is 17.5 Å². The van der Waals surface area contributed by atoms with Gasteiger partial charge in [-0.3, -0.25) is 9.59 Å². The molecule has 1 aliphatic heterocycles. The molecule has 2 heterocycles. The van der Waals surface area contributed by atoms with Crippen LogP contribution in [0.1, 0.15) is 65.7 Å². The van der Waals surface area contributed by atoms with E-state index in [0.29, 0.717) is 29.9 Å². The highest BCUT2D eigenvalue weighted by Gasteiger charge is 2.61. The van der Waals surface area contributed by atoms with Gasteiger partial charge in [-0.05, 0) is 68.6 Å². The average Bonchev–Trinajstić information content (AvgIpc) is 3.14. The second kappa shape index (κ2) is 8.38. The smallest absolute Gasteiger partial charge is 0.228 e. The zero-order valence-electron chi connectivity index (χ0n) is 20.2. The lowest BCUT2D eigenvalue weighted by Gasteiger charge is -2.59. The number of amides is 2. The Hall–Kier alpha value is -1.30. The van der Waals surface area contributed by atoms with Gasteiger partial charge in [0.05, 0.1) is 10.7 Å². The number of halogens is 3. The zero-order valence-corrected chi connectivity index (χ0v) is 22.4. The first-order chi connectivity index (χ1) is 16.0. The Labute approximate surface area is 216 Å². The van der Waals surface area contributed by atoms with E-state index < -0.39 is 0 Å². The molecule has 5 nitrogen and oxygen atoms in total. The molecule has 2 amide bonds. The highest BCUT2D eigenvalue weighted by molar-refractivity contribution is 6.45. The first kappa shape index (κ1) is 24.4. The molecule has 1 unspecified atom stereocenters. The van der Waals surface area contributed by atoms with Gasteiger partial charge in [-0.2, -0.15) is 0 Å². The quantitative estimate of drug-likeness (QED) is 0.425. The van der Waals surface area contributed by atoms with Gasteiger partial charge in [0.25, 0.3) is 0 Å². The molecule has 34 heavy (non-hydrogen) atoms. The number of fused-ring (bicyclic) bond motifs is 5. The summed E-state index contributed by atoms with van der Waals surface area (Å²) >= 11 is 18.6. The maximum Gasteiger partial charge on any atom is 0.228 e. The van der Waals surface area contributed by atoms with Gasteiger partial charge in [0, 0.05) is 36.7 Å². The minimum atomic E-state index is -0.105. The number of allylic oxidation sites excluding steroid dienone is 2. The number of carbonyl (C=O) groups excluding carboxylic acids is 2. The third-order valence-corrected chi connectivity index (χ3v) is 10.8. The van der Waals surface area contributed by atoms with Crippen LogP contribution in [0.5, 0.6) is 0 Å². The molecule has 0 radical (unpaired) electrons. The Morgan fingerprint density at radius 1 is 1.15 bits per heavy atom. The Morgan fingerprint density at radius 3 is 2.62 bits per heavy atom. The second-order valence-electron chi connectivity index (χ2n) is 11.3. The fourth-order valence-electron chi connectivity index (χ4n) is 8.31. The topological polar surface area (TPSA) is 62.3 Å². The maximum absolute atomic E-state index is 13.5. The van der Waals surface area contributed by atoms with Crippen LogP contribution in [0.3, 0.4) is 0 Å². The van der Waals surface area contributed by atoms with Gasteiger partial charge in [-0.1, -0.05) is 54.2 Å². The van der Waals surface area contributed by atoms with E-state index in [2.05, 4.69) is 31.1 Å². The maximum atomic E-state index is 13.5. The molecule has 6 atom stereocenters. The number of nitrogens with one attached hydrogen (secondary N) is 1. The average molecular weight is 525 g/mol. The summed E-state index contributed by atoms with van der Waals surface area (Å²) in [5.41, 5.74) is 2.91. The van der Waals surface area contributed by atoms with Crippen molar-refractivity contribution in [1.29, 1.82) is 0 Å². The van der Waals surface area contributed by atoms with Crippen molar-refractivity contribution in [1.82, 2.24) is 9.88 Å². The predicted molar refractivity (Wildman–Crippen MR) is 136 cm³/mol. The molecule has 4 aliphatic rings. The van der Waals surface area contributed by atoms with E-state index in [9.17, 15) is 9.59 Å². The summed E-state index contributed by atoms with van der Waals surface area (Å²) in [6.07, 6.45) is 7.97. The second-order valence-corrected chi connectivity index (χ2v) is 12.5. The Morgan fingerprint density at radius 2 is 1.88 bits per heavy atom. The van der Waals surface area contributed by atoms with E-state index in [4.69, 9.17) is 34.8 Å². The van der Waals surface area contributed by atoms with Gasteiger partial charge in [0.2, 0.25) is 11.8 Å². The largest absolute Gasteiger partial charge is 0.323 e. The number of anilines is 1. The normalized spacial score (nSPS) is 37.3. The summed E-state index contributed by atoms with van der Waals surface area (Å²) in [6, 6.07) is 0. The number of carbonyl (C=O) groups is 2. The first-order valence-electron chi connectivity index (χ1n) is 12.3. The molecular formula is C26H32Cl3N3O2. The molecule has 1 aromatic rings. The van der Waals surface area contributed by atoms with Gasteiger partial charge in [0.15, 0.2) is 0 Å². The van der Waals surface area contributed by atoms with Crippen molar-refractivity contribution in [2.24, 2.45) is 34.5 Å². The summed E-state index contributed by atoms with van der Waals surface area (Å²) in [6.45, 7) is 6.90. The van der Waals surface area contributed by atoms with Gasteiger partial charge < -0.3 is 10.2 Å². The standard InChI is InChI=1S/C26H32Cl3N3O2/c1-13-11-14-15-5-6-17(24(34)31-21-18(27)12-30-23(29)20(21)28)25(15,2)9-7-16(14)26(3)10-8-19(33)32(4)22(13)26/h12,14-17H,5-11H2,1-4H3,(H,30,31,34)/t14-,15-,16+,17?,25-,26+/m0/s1. The van der Waals surface area contributed by atoms with Crippen molar-refractivity contribution in [2.45, 2.75) is 65.7 Å². The van der Waals surface area contributed by atoms with Crippen molar-refractivity contribution < 1.29 is 9.59 Å². The van der Waals surface area contributed by atoms with Gasteiger partial charge >= 0.3 is 0 Å². The number of hydrogen-bond acceptors (Lipinski definition) is 3. The predicted octanol–water partition coefficient (Wildman–Crippen LogP) is 6.98. The third kappa shape index (κ3) is 3.44. The molecule has 0 spiro atoms. The van der Waals surface area contributed by atoms with Crippen molar-refractivity contribution in [2.75, 3.05) is 12.4 Å². The van der Waals surface area contributed by atoms with Crippen molar-refractivity contribution in [3.63, 3.8) is 0 Å². The third-order valence-electron chi connectivity index (χ3n) is 9.81. The van der Waals surface area contributed by atoms with E-state index in [-0.39, 0.29) is 43.8 Å². The number of pyridine rings is 1. The fraction of sp³-hybridized carbons (Fsp3) is 0.654. The fourth-order valence-corrected chi connectivity index (χ4v) is 8.89. The number of likely N-dealkylation sites (tertiary alicyclic amines) is 1. The molecule has 8 heteroatoms. The number of aromatic nitrogens is 1. The Kier molecular flexibility index (Phi) is 6.02. The summed E-state index contributed by atoms with van der Waals surface area (Å²) in [7, 11) is 1.95. The number of rotatable bonds is 2. The summed E-state index contributed by atoms with van der Waals surface area (Å²) in [5, 5.41) is 3.57. The van der Waals surface area contributed by atoms with Crippen LogP contribution in [-0.4, -0.2) is 28.7 Å². The van der Waals surface area contributed by atoms with Gasteiger partial charge in [-0.15, -0.1) is 0 Å². The van der Waals surface area contributed by atoms with E-state index >= 15 is 0 Å². The van der Waals surface area contributed by atoms with Crippen molar-refractivity contribution >= 4 is 52.3 Å². The first-order valence-corrected chi connectivity index (χ1v) is 13.4. The molecular weight excluding hydrogens is 493 g/mol. The van der Waals surface area contributed by atoms with E-state index in [0.717, 1.165) is 38.5 Å². The lowest BCUT2D eigenvalue weighted by Crippen LogP contribution is -2.54. The van der Waals surface area contributed by atoms with Crippen LogP contribution in [0.4, 0.5) is 5.69 Å². The lowest BCUT2D eigenvalue weighted by atomic mass is 9.48. The van der Waals surface area contributed by atoms with Crippen LogP contribution in [0, 0.1) is 34.5 Å². The van der Waals surface area contributed by atoms with Crippen LogP contribution < -0.4 is 5.32 Å². The van der Waals surface area contributed by atoms with Crippen LogP contribution in [-0.2, 0) is 9.59 Å². The molecule has 3 fully saturated rings. The molecule has 1 N–H and O–H groups in total. The molecule has 0 aromatic carbocycles. The van der Waals surface area contributed by atoms with Crippen molar-refractivity contribution in [3.8, 4) is 0 Å². The highest BCUT2D eigenvalue weighted by atomic mass is 35.5. The van der Waals surface area contributed by atoms with E-state index in [1.807, 2.05) is 11.9 Å². The molecule has 1 saturated heterocycles. The van der Waals surface area contributed by atoms with Crippen LogP contribution in [0.2, 0.25) is 15.2 Å².